The first-order valence-corrected chi connectivity index (χ1v) is 4.05. The molecule has 1 rings (SSSR count). The van der Waals surface area contributed by atoms with E-state index < -0.39 is 0 Å². The molecule has 0 spiro atoms. The lowest BCUT2D eigenvalue weighted by Gasteiger charge is -2.20. The zero-order valence-corrected chi connectivity index (χ0v) is 6.92. The second-order valence-corrected chi connectivity index (χ2v) is 4.00. The van der Waals surface area contributed by atoms with Gasteiger partial charge in [-0.3, -0.25) is 0 Å². The molecule has 1 atom stereocenters. The van der Waals surface area contributed by atoms with E-state index in [0.717, 1.165) is 12.4 Å². The highest BCUT2D eigenvalue weighted by atomic mass is 32.2. The molecule has 0 fully saturated rings. The summed E-state index contributed by atoms with van der Waals surface area (Å²) in [5.41, 5.74) is 0. The number of hydrogen-bond acceptors (Lipinski definition) is 2. The van der Waals surface area contributed by atoms with Crippen LogP contribution in [0.15, 0.2) is 10.7 Å². The first-order valence-electron chi connectivity index (χ1n) is 3.17. The second kappa shape index (κ2) is 2.65. The summed E-state index contributed by atoms with van der Waals surface area (Å²) in [6.07, 6.45) is 0. The normalized spacial score (nSPS) is 28.1. The van der Waals surface area contributed by atoms with Crippen molar-refractivity contribution in [3.63, 3.8) is 0 Å². The van der Waals surface area contributed by atoms with E-state index in [4.69, 9.17) is 4.74 Å². The Morgan fingerprint density at radius 1 is 1.56 bits per heavy atom. The van der Waals surface area contributed by atoms with Gasteiger partial charge in [0.25, 0.3) is 0 Å². The molecule has 0 aromatic rings. The molecular formula is C7H12OS. The highest BCUT2D eigenvalue weighted by Gasteiger charge is 2.12. The van der Waals surface area contributed by atoms with Crippen molar-refractivity contribution in [2.45, 2.75) is 26.0 Å². The van der Waals surface area contributed by atoms with Gasteiger partial charge in [-0.25, -0.2) is 0 Å². The Morgan fingerprint density at radius 3 is 2.67 bits per heavy atom. The zero-order chi connectivity index (χ0) is 6.85. The van der Waals surface area contributed by atoms with Gasteiger partial charge in [-0.2, -0.15) is 0 Å². The molecule has 1 nitrogen and oxygen atoms in total. The quantitative estimate of drug-likeness (QED) is 0.516. The Bertz CT molecular complexity index is 140. The van der Waals surface area contributed by atoms with Crippen LogP contribution in [0.1, 0.15) is 20.8 Å². The van der Waals surface area contributed by atoms with Crippen LogP contribution in [-0.4, -0.2) is 11.9 Å². The van der Waals surface area contributed by atoms with Gasteiger partial charge in [0.1, 0.15) is 5.76 Å². The van der Waals surface area contributed by atoms with Crippen molar-refractivity contribution in [2.24, 2.45) is 0 Å². The van der Waals surface area contributed by atoms with Gasteiger partial charge >= 0.3 is 0 Å². The average molecular weight is 144 g/mol. The lowest BCUT2D eigenvalue weighted by Crippen LogP contribution is -2.12. The van der Waals surface area contributed by atoms with Gasteiger partial charge in [0.05, 0.1) is 6.61 Å². The molecule has 0 bridgehead atoms. The summed E-state index contributed by atoms with van der Waals surface area (Å²) in [6, 6.07) is 0. The predicted molar refractivity (Wildman–Crippen MR) is 41.4 cm³/mol. The first kappa shape index (κ1) is 7.00. The van der Waals surface area contributed by atoms with E-state index in [1.165, 1.54) is 4.91 Å². The van der Waals surface area contributed by atoms with E-state index in [2.05, 4.69) is 13.8 Å². The summed E-state index contributed by atoms with van der Waals surface area (Å²) >= 11 is 1.90. The summed E-state index contributed by atoms with van der Waals surface area (Å²) in [5, 5.41) is 0.633. The van der Waals surface area contributed by atoms with Crippen LogP contribution in [0.2, 0.25) is 0 Å². The maximum absolute atomic E-state index is 5.36. The minimum atomic E-state index is 0.633. The van der Waals surface area contributed by atoms with E-state index in [1.807, 2.05) is 18.7 Å². The summed E-state index contributed by atoms with van der Waals surface area (Å²) in [6.45, 7) is 7.18. The molecule has 9 heavy (non-hydrogen) atoms. The summed E-state index contributed by atoms with van der Waals surface area (Å²) in [4.78, 5) is 1.33. The fourth-order valence-corrected chi connectivity index (χ4v) is 1.73. The van der Waals surface area contributed by atoms with Crippen molar-refractivity contribution in [1.82, 2.24) is 0 Å². The zero-order valence-electron chi connectivity index (χ0n) is 6.10. The number of rotatable bonds is 0. The fraction of sp³-hybridized carbons (Fsp3) is 0.714. The van der Waals surface area contributed by atoms with E-state index >= 15 is 0 Å². The van der Waals surface area contributed by atoms with Crippen molar-refractivity contribution < 1.29 is 4.74 Å². The molecule has 0 radical (unpaired) electrons. The van der Waals surface area contributed by atoms with Crippen molar-refractivity contribution >= 4 is 11.8 Å². The van der Waals surface area contributed by atoms with Gasteiger partial charge in [-0.15, -0.1) is 11.8 Å². The van der Waals surface area contributed by atoms with Crippen LogP contribution in [0.4, 0.5) is 0 Å². The molecule has 0 aliphatic carbocycles. The first-order chi connectivity index (χ1) is 4.20. The molecule has 52 valence electrons. The molecule has 0 amide bonds. The molecule has 0 aromatic carbocycles. The molecule has 0 saturated carbocycles. The minimum absolute atomic E-state index is 0.633. The van der Waals surface area contributed by atoms with E-state index in [0.29, 0.717) is 5.25 Å². The molecule has 1 unspecified atom stereocenters. The summed E-state index contributed by atoms with van der Waals surface area (Å²) in [7, 11) is 0. The lowest BCUT2D eigenvalue weighted by molar-refractivity contribution is 0.212. The number of hydrogen-bond donors (Lipinski definition) is 0. The minimum Gasteiger partial charge on any atom is -0.496 e. The van der Waals surface area contributed by atoms with Crippen LogP contribution in [0.25, 0.3) is 0 Å². The third kappa shape index (κ3) is 1.65. The Morgan fingerprint density at radius 2 is 2.22 bits per heavy atom. The van der Waals surface area contributed by atoms with Crippen molar-refractivity contribution in [3.8, 4) is 0 Å². The molecular weight excluding hydrogens is 132 g/mol. The summed E-state index contributed by atoms with van der Waals surface area (Å²) in [5.74, 6) is 1.10. The average Bonchev–Trinajstić information content (AvgIpc) is 1.80. The maximum atomic E-state index is 5.36. The number of thioether (sulfide) groups is 1. The predicted octanol–water partition coefficient (Wildman–Crippen LogP) is 2.39. The SMILES string of the molecule is CC1=C(C)SC(C)CO1. The smallest absolute Gasteiger partial charge is 0.102 e. The van der Waals surface area contributed by atoms with Crippen LogP contribution in [-0.2, 0) is 4.74 Å². The molecule has 1 aliphatic rings. The Kier molecular flexibility index (Phi) is 2.06. The van der Waals surface area contributed by atoms with Gasteiger partial charge in [0, 0.05) is 10.2 Å². The number of ether oxygens (including phenoxy) is 1. The summed E-state index contributed by atoms with van der Waals surface area (Å²) < 4.78 is 5.36. The van der Waals surface area contributed by atoms with E-state index in [1.54, 1.807) is 0 Å². The Labute approximate surface area is 60.5 Å². The highest BCUT2D eigenvalue weighted by molar-refractivity contribution is 8.03. The standard InChI is InChI=1S/C7H12OS/c1-5-4-8-6(2)7(3)9-5/h5H,4H2,1-3H3. The van der Waals surface area contributed by atoms with Crippen molar-refractivity contribution in [2.75, 3.05) is 6.61 Å². The monoisotopic (exact) mass is 144 g/mol. The third-order valence-corrected chi connectivity index (χ3v) is 2.59. The largest absolute Gasteiger partial charge is 0.496 e. The molecule has 1 heterocycles. The van der Waals surface area contributed by atoms with E-state index in [-0.39, 0.29) is 0 Å². The molecule has 0 N–H and O–H groups in total. The molecule has 1 aliphatic heterocycles. The van der Waals surface area contributed by atoms with Crippen LogP contribution < -0.4 is 0 Å². The third-order valence-electron chi connectivity index (χ3n) is 1.41. The Balaban J connectivity index is 2.61. The van der Waals surface area contributed by atoms with Crippen LogP contribution in [0, 0.1) is 0 Å². The maximum Gasteiger partial charge on any atom is 0.102 e. The molecule has 0 saturated heterocycles. The molecule has 2 heteroatoms. The number of allylic oxidation sites excluding steroid dienone is 2. The topological polar surface area (TPSA) is 9.23 Å². The van der Waals surface area contributed by atoms with Crippen LogP contribution >= 0.6 is 11.8 Å². The van der Waals surface area contributed by atoms with Crippen LogP contribution in [0.3, 0.4) is 0 Å². The second-order valence-electron chi connectivity index (χ2n) is 2.35. The van der Waals surface area contributed by atoms with Gasteiger partial charge < -0.3 is 4.74 Å². The van der Waals surface area contributed by atoms with Crippen LogP contribution in [0.5, 0.6) is 0 Å². The van der Waals surface area contributed by atoms with Crippen molar-refractivity contribution in [1.29, 1.82) is 0 Å². The Hall–Kier alpha value is -0.110. The van der Waals surface area contributed by atoms with Gasteiger partial charge in [0.2, 0.25) is 0 Å². The van der Waals surface area contributed by atoms with Gasteiger partial charge in [-0.05, 0) is 20.8 Å². The highest BCUT2D eigenvalue weighted by Crippen LogP contribution is 2.29. The molecule has 0 aromatic heterocycles. The van der Waals surface area contributed by atoms with Gasteiger partial charge in [-0.1, -0.05) is 0 Å². The lowest BCUT2D eigenvalue weighted by atomic mass is 10.4. The van der Waals surface area contributed by atoms with Gasteiger partial charge in [0.15, 0.2) is 0 Å². The fourth-order valence-electron chi connectivity index (χ4n) is 0.763. The van der Waals surface area contributed by atoms with E-state index in [9.17, 15) is 0 Å². The van der Waals surface area contributed by atoms with Crippen molar-refractivity contribution in [3.05, 3.63) is 10.7 Å².